The monoisotopic (exact) mass is 723 g/mol. The van der Waals surface area contributed by atoms with Gasteiger partial charge in [0.1, 0.15) is 16.7 Å². The maximum Gasteiger partial charge on any atom is 0.227 e. The van der Waals surface area contributed by atoms with Crippen LogP contribution < -0.4 is 4.90 Å². The van der Waals surface area contributed by atoms with Crippen LogP contribution in [-0.4, -0.2) is 9.55 Å². The highest BCUT2D eigenvalue weighted by Crippen LogP contribution is 2.47. The molecule has 8 aromatic carbocycles. The summed E-state index contributed by atoms with van der Waals surface area (Å²) < 4.78 is 18.0. The minimum atomic E-state index is 0.590. The molecule has 0 fully saturated rings. The first-order valence-electron chi connectivity index (χ1n) is 18.4. The van der Waals surface area contributed by atoms with Gasteiger partial charge in [-0.25, -0.2) is 4.98 Å². The van der Waals surface area contributed by atoms with Crippen molar-refractivity contribution in [2.75, 3.05) is 4.90 Å². The van der Waals surface area contributed by atoms with Crippen LogP contribution in [0.5, 0.6) is 0 Å². The maximum absolute atomic E-state index is 6.55. The van der Waals surface area contributed by atoms with Crippen LogP contribution in [0, 0.1) is 0 Å². The van der Waals surface area contributed by atoms with Gasteiger partial charge in [0, 0.05) is 59.0 Å². The number of para-hydroxylation sites is 3. The molecule has 0 N–H and O–H groups in total. The summed E-state index contributed by atoms with van der Waals surface area (Å²) in [7, 11) is 0. The lowest BCUT2D eigenvalue weighted by atomic mass is 10.1. The van der Waals surface area contributed by atoms with Gasteiger partial charge in [0.2, 0.25) is 5.89 Å². The lowest BCUT2D eigenvalue weighted by Gasteiger charge is -2.27. The maximum atomic E-state index is 6.55. The summed E-state index contributed by atoms with van der Waals surface area (Å²) in [6, 6.07) is 62.1. The molecule has 0 spiro atoms. The van der Waals surface area contributed by atoms with Gasteiger partial charge in [0.25, 0.3) is 0 Å². The first kappa shape index (κ1) is 30.3. The molecule has 6 heteroatoms. The minimum Gasteiger partial charge on any atom is -0.456 e. The fraction of sp³-hybridized carbons (Fsp3) is 0. The van der Waals surface area contributed by atoms with Crippen molar-refractivity contribution in [3.63, 3.8) is 0 Å². The molecule has 258 valence electrons. The van der Waals surface area contributed by atoms with Gasteiger partial charge in [0.15, 0.2) is 5.58 Å². The Morgan fingerprint density at radius 1 is 0.509 bits per heavy atom. The predicted octanol–water partition coefficient (Wildman–Crippen LogP) is 14.3. The van der Waals surface area contributed by atoms with Gasteiger partial charge >= 0.3 is 0 Å². The summed E-state index contributed by atoms with van der Waals surface area (Å²) in [5.74, 6) is 0.590. The van der Waals surface area contributed by atoms with Crippen LogP contribution in [-0.2, 0) is 0 Å². The van der Waals surface area contributed by atoms with Crippen LogP contribution in [0.15, 0.2) is 185 Å². The molecule has 4 heterocycles. The summed E-state index contributed by atoms with van der Waals surface area (Å²) in [6.45, 7) is 0. The summed E-state index contributed by atoms with van der Waals surface area (Å²) in [5, 5.41) is 6.79. The molecule has 12 rings (SSSR count). The van der Waals surface area contributed by atoms with E-state index in [-0.39, 0.29) is 0 Å². The molecule has 5 nitrogen and oxygen atoms in total. The van der Waals surface area contributed by atoms with Crippen molar-refractivity contribution in [1.29, 1.82) is 0 Å². The average molecular weight is 724 g/mol. The van der Waals surface area contributed by atoms with Crippen LogP contribution in [0.25, 0.3) is 92.2 Å². The van der Waals surface area contributed by atoms with E-state index < -0.39 is 0 Å². The molecule has 0 aliphatic rings. The number of rotatable bonds is 5. The second kappa shape index (κ2) is 11.7. The number of fused-ring (bicyclic) bond motifs is 11. The average Bonchev–Trinajstić information content (AvgIpc) is 4.02. The Balaban J connectivity index is 1.17. The third-order valence-electron chi connectivity index (χ3n) is 10.8. The van der Waals surface area contributed by atoms with Crippen molar-refractivity contribution in [3.05, 3.63) is 176 Å². The van der Waals surface area contributed by atoms with Crippen LogP contribution >= 0.6 is 11.3 Å². The molecule has 0 saturated carbocycles. The van der Waals surface area contributed by atoms with Crippen molar-refractivity contribution in [3.8, 4) is 17.1 Å². The van der Waals surface area contributed by atoms with Crippen molar-refractivity contribution in [1.82, 2.24) is 9.55 Å². The van der Waals surface area contributed by atoms with Gasteiger partial charge in [-0.1, -0.05) is 84.9 Å². The van der Waals surface area contributed by atoms with Gasteiger partial charge < -0.3 is 18.3 Å². The zero-order chi connectivity index (χ0) is 36.0. The normalized spacial score (nSPS) is 12.0. The molecule has 12 aromatic rings. The van der Waals surface area contributed by atoms with Gasteiger partial charge in [0.05, 0.1) is 22.1 Å². The van der Waals surface area contributed by atoms with E-state index in [4.69, 9.17) is 13.8 Å². The van der Waals surface area contributed by atoms with E-state index in [9.17, 15) is 0 Å². The van der Waals surface area contributed by atoms with Crippen LogP contribution in [0.1, 0.15) is 0 Å². The van der Waals surface area contributed by atoms with Crippen molar-refractivity contribution >= 4 is 103 Å². The lowest BCUT2D eigenvalue weighted by molar-refractivity contribution is 0.622. The molecular weight excluding hydrogens is 695 g/mol. The van der Waals surface area contributed by atoms with E-state index in [0.717, 1.165) is 72.4 Å². The smallest absolute Gasteiger partial charge is 0.227 e. The van der Waals surface area contributed by atoms with Gasteiger partial charge in [-0.15, -0.1) is 11.3 Å². The Morgan fingerprint density at radius 3 is 2.07 bits per heavy atom. The molecule has 0 amide bonds. The van der Waals surface area contributed by atoms with Gasteiger partial charge in [-0.05, 0) is 91.0 Å². The fourth-order valence-corrected chi connectivity index (χ4v) is 9.47. The zero-order valence-corrected chi connectivity index (χ0v) is 30.1. The highest BCUT2D eigenvalue weighted by molar-refractivity contribution is 7.25. The SMILES string of the molecule is c1ccc(-c2nc3ccc4oc5ccc(N(c6ccc7sc8ccccc8c7c6)c6cccc7c8ccccc8n(-c8ccccc8)c67)cc5c4c3o2)cc1. The first-order chi connectivity index (χ1) is 27.3. The Bertz CT molecular complexity index is 3450. The highest BCUT2D eigenvalue weighted by Gasteiger charge is 2.24. The third kappa shape index (κ3) is 4.55. The number of furan rings is 1. The molecule has 0 atom stereocenters. The topological polar surface area (TPSA) is 47.3 Å². The van der Waals surface area contributed by atoms with E-state index in [2.05, 4.69) is 143 Å². The number of nitrogens with zero attached hydrogens (tertiary/aromatic N) is 3. The Labute approximate surface area is 318 Å². The van der Waals surface area contributed by atoms with Crippen LogP contribution in [0.4, 0.5) is 17.1 Å². The number of oxazole rings is 1. The Morgan fingerprint density at radius 2 is 1.20 bits per heavy atom. The molecule has 0 aliphatic heterocycles. The van der Waals surface area contributed by atoms with E-state index in [1.165, 1.54) is 30.9 Å². The summed E-state index contributed by atoms with van der Waals surface area (Å²) in [5.41, 5.74) is 10.5. The van der Waals surface area contributed by atoms with Crippen LogP contribution in [0.3, 0.4) is 0 Å². The van der Waals surface area contributed by atoms with E-state index in [1.54, 1.807) is 0 Å². The molecule has 0 aliphatic carbocycles. The van der Waals surface area contributed by atoms with E-state index >= 15 is 0 Å². The summed E-state index contributed by atoms with van der Waals surface area (Å²) in [4.78, 5) is 7.30. The number of anilines is 3. The van der Waals surface area contributed by atoms with E-state index in [1.807, 2.05) is 53.8 Å². The second-order valence-corrected chi connectivity index (χ2v) is 15.0. The number of hydrogen-bond acceptors (Lipinski definition) is 5. The minimum absolute atomic E-state index is 0.590. The predicted molar refractivity (Wildman–Crippen MR) is 229 cm³/mol. The molecule has 55 heavy (non-hydrogen) atoms. The van der Waals surface area contributed by atoms with Crippen molar-refractivity contribution in [2.45, 2.75) is 0 Å². The van der Waals surface area contributed by atoms with Gasteiger partial charge in [-0.2, -0.15) is 0 Å². The molecule has 0 bridgehead atoms. The van der Waals surface area contributed by atoms with Crippen molar-refractivity contribution < 1.29 is 8.83 Å². The third-order valence-corrected chi connectivity index (χ3v) is 11.9. The molecular formula is C49H29N3O2S. The van der Waals surface area contributed by atoms with Crippen LogP contribution in [0.2, 0.25) is 0 Å². The Hall–Kier alpha value is -7.15. The zero-order valence-electron chi connectivity index (χ0n) is 29.3. The lowest BCUT2D eigenvalue weighted by Crippen LogP contribution is -2.11. The molecule has 4 aromatic heterocycles. The Kier molecular flexibility index (Phi) is 6.44. The summed E-state index contributed by atoms with van der Waals surface area (Å²) >= 11 is 1.83. The fourth-order valence-electron chi connectivity index (χ4n) is 8.38. The van der Waals surface area contributed by atoms with Crippen molar-refractivity contribution in [2.24, 2.45) is 0 Å². The molecule has 0 radical (unpaired) electrons. The first-order valence-corrected chi connectivity index (χ1v) is 19.2. The molecule has 0 unspecified atom stereocenters. The number of hydrogen-bond donors (Lipinski definition) is 0. The number of aromatic nitrogens is 2. The number of benzene rings is 8. The largest absolute Gasteiger partial charge is 0.456 e. The quantitative estimate of drug-likeness (QED) is 0.177. The van der Waals surface area contributed by atoms with E-state index in [0.29, 0.717) is 5.89 Å². The number of thiophene rings is 1. The summed E-state index contributed by atoms with van der Waals surface area (Å²) in [6.07, 6.45) is 0. The highest BCUT2D eigenvalue weighted by atomic mass is 32.1. The second-order valence-electron chi connectivity index (χ2n) is 13.9. The van der Waals surface area contributed by atoms with Gasteiger partial charge in [-0.3, -0.25) is 0 Å². The standard InChI is InChI=1S/C49H29N3O2S/c1-3-12-30(13-4-1)49-50-39-24-26-43-46(48(39)54-49)38-29-32(22-25-42(38)53-43)51(33-23-27-45-37(28-33)35-17-8-10-21-44(35)55-45)41-20-11-18-36-34-16-7-9-19-40(34)52(47(36)41)31-14-5-2-6-15-31/h1-29H. The molecule has 0 saturated heterocycles.